The van der Waals surface area contributed by atoms with Crippen LogP contribution >= 0.6 is 34.2 Å². The molecular formula is C30H27ClIN3O6. The van der Waals surface area contributed by atoms with Gasteiger partial charge in [-0.1, -0.05) is 29.8 Å². The summed E-state index contributed by atoms with van der Waals surface area (Å²) in [7, 11) is 0. The lowest BCUT2D eigenvalue weighted by atomic mass is 10.1. The molecule has 1 heterocycles. The Hall–Kier alpha value is -3.90. The van der Waals surface area contributed by atoms with Crippen molar-refractivity contribution in [2.45, 2.75) is 27.7 Å². The number of hydrogen-bond acceptors (Lipinski definition) is 6. The summed E-state index contributed by atoms with van der Waals surface area (Å²) in [6, 6.07) is 12.9. The molecule has 11 heteroatoms. The van der Waals surface area contributed by atoms with Gasteiger partial charge in [0, 0.05) is 10.7 Å². The molecule has 4 rings (SSSR count). The van der Waals surface area contributed by atoms with Gasteiger partial charge >= 0.3 is 6.03 Å². The van der Waals surface area contributed by atoms with E-state index in [1.165, 1.54) is 6.08 Å². The number of urea groups is 1. The largest absolute Gasteiger partial charge is 0.490 e. The Labute approximate surface area is 256 Å². The summed E-state index contributed by atoms with van der Waals surface area (Å²) in [5.41, 5.74) is 3.73. The third-order valence-electron chi connectivity index (χ3n) is 6.45. The van der Waals surface area contributed by atoms with Gasteiger partial charge < -0.3 is 14.8 Å². The number of carbonyl (C=O) groups excluding carboxylic acids is 4. The molecule has 2 N–H and O–H groups in total. The van der Waals surface area contributed by atoms with Gasteiger partial charge in [-0.25, -0.2) is 9.69 Å². The Morgan fingerprint density at radius 1 is 1.05 bits per heavy atom. The summed E-state index contributed by atoms with van der Waals surface area (Å²) in [5, 5.41) is 5.45. The standard InChI is InChI=1S/C30H27ClIN3O6/c1-5-40-25-14-19(13-22(32)27(25)41-15-26(36)33-23-10-6-8-16(2)17(23)3)12-20-28(37)34-30(39)35(29(20)38)24-11-7-9-21(31)18(24)4/h6-14H,5,15H2,1-4H3,(H,33,36)(H,34,37,39)/b20-12-. The molecule has 0 aliphatic carbocycles. The van der Waals surface area contributed by atoms with Crippen LogP contribution in [0.3, 0.4) is 0 Å². The molecule has 9 nitrogen and oxygen atoms in total. The van der Waals surface area contributed by atoms with Gasteiger partial charge in [-0.15, -0.1) is 0 Å². The quantitative estimate of drug-likeness (QED) is 0.172. The molecule has 0 saturated carbocycles. The second kappa shape index (κ2) is 12.7. The van der Waals surface area contributed by atoms with Gasteiger partial charge in [-0.3, -0.25) is 19.7 Å². The number of amides is 5. The number of rotatable bonds is 8. The van der Waals surface area contributed by atoms with E-state index in [0.717, 1.165) is 16.0 Å². The zero-order chi connectivity index (χ0) is 29.8. The fraction of sp³-hybridized carbons (Fsp3) is 0.200. The van der Waals surface area contributed by atoms with Crippen molar-refractivity contribution in [3.05, 3.63) is 85.0 Å². The lowest BCUT2D eigenvalue weighted by molar-refractivity contribution is -0.122. The molecule has 0 aromatic heterocycles. The first-order valence-corrected chi connectivity index (χ1v) is 14.1. The van der Waals surface area contributed by atoms with Crippen molar-refractivity contribution in [1.82, 2.24) is 5.32 Å². The third-order valence-corrected chi connectivity index (χ3v) is 7.66. The van der Waals surface area contributed by atoms with E-state index in [2.05, 4.69) is 10.6 Å². The van der Waals surface area contributed by atoms with Crippen molar-refractivity contribution in [2.24, 2.45) is 0 Å². The average molecular weight is 688 g/mol. The monoisotopic (exact) mass is 687 g/mol. The van der Waals surface area contributed by atoms with Crippen molar-refractivity contribution in [3.63, 3.8) is 0 Å². The molecule has 5 amide bonds. The molecule has 1 fully saturated rings. The number of halogens is 2. The lowest BCUT2D eigenvalue weighted by Gasteiger charge is -2.27. The Balaban J connectivity index is 1.60. The molecule has 3 aromatic rings. The Kier molecular flexibility index (Phi) is 9.34. The van der Waals surface area contributed by atoms with Crippen LogP contribution in [0.15, 0.2) is 54.1 Å². The van der Waals surface area contributed by atoms with Gasteiger partial charge in [0.1, 0.15) is 5.57 Å². The van der Waals surface area contributed by atoms with Crippen LogP contribution < -0.4 is 25.0 Å². The number of imide groups is 2. The molecule has 0 unspecified atom stereocenters. The molecule has 0 radical (unpaired) electrons. The van der Waals surface area contributed by atoms with Gasteiger partial charge in [0.2, 0.25) is 0 Å². The second-order valence-corrected chi connectivity index (χ2v) is 10.8. The van der Waals surface area contributed by atoms with Crippen LogP contribution in [-0.2, 0) is 14.4 Å². The maximum absolute atomic E-state index is 13.4. The third kappa shape index (κ3) is 6.54. The summed E-state index contributed by atoms with van der Waals surface area (Å²) in [4.78, 5) is 52.2. The van der Waals surface area contributed by atoms with Crippen LogP contribution in [0, 0.1) is 24.3 Å². The number of ether oxygens (including phenoxy) is 2. The molecule has 41 heavy (non-hydrogen) atoms. The van der Waals surface area contributed by atoms with Crippen molar-refractivity contribution in [1.29, 1.82) is 0 Å². The van der Waals surface area contributed by atoms with Gasteiger partial charge in [0.05, 0.1) is 15.9 Å². The van der Waals surface area contributed by atoms with Crippen molar-refractivity contribution in [3.8, 4) is 11.5 Å². The Morgan fingerprint density at radius 2 is 1.78 bits per heavy atom. The number of nitrogens with zero attached hydrogens (tertiary/aromatic N) is 1. The summed E-state index contributed by atoms with van der Waals surface area (Å²) < 4.78 is 12.2. The second-order valence-electron chi connectivity index (χ2n) is 9.19. The van der Waals surface area contributed by atoms with Gasteiger partial charge in [0.15, 0.2) is 18.1 Å². The summed E-state index contributed by atoms with van der Waals surface area (Å²) in [6.07, 6.45) is 1.37. The SMILES string of the molecule is CCOc1cc(/C=C2/C(=O)NC(=O)N(c3cccc(Cl)c3C)C2=O)cc(I)c1OCC(=O)Nc1cccc(C)c1C. The van der Waals surface area contributed by atoms with Gasteiger partial charge in [-0.05, 0) is 109 Å². The van der Waals surface area contributed by atoms with Crippen molar-refractivity contribution < 1.29 is 28.7 Å². The van der Waals surface area contributed by atoms with Crippen LogP contribution in [-0.4, -0.2) is 37.0 Å². The molecule has 1 saturated heterocycles. The van der Waals surface area contributed by atoms with E-state index < -0.39 is 17.8 Å². The van der Waals surface area contributed by atoms with Gasteiger partial charge in [-0.2, -0.15) is 0 Å². The minimum Gasteiger partial charge on any atom is -0.490 e. The molecular weight excluding hydrogens is 661 g/mol. The topological polar surface area (TPSA) is 114 Å². The van der Waals surface area contributed by atoms with Crippen LogP contribution in [0.2, 0.25) is 5.02 Å². The first kappa shape index (κ1) is 30.1. The highest BCUT2D eigenvalue weighted by Crippen LogP contribution is 2.36. The lowest BCUT2D eigenvalue weighted by Crippen LogP contribution is -2.54. The Bertz CT molecular complexity index is 1600. The fourth-order valence-corrected chi connectivity index (χ4v) is 5.12. The molecule has 0 bridgehead atoms. The molecule has 0 spiro atoms. The highest BCUT2D eigenvalue weighted by molar-refractivity contribution is 14.1. The summed E-state index contributed by atoms with van der Waals surface area (Å²) >= 11 is 8.23. The number of hydrogen-bond donors (Lipinski definition) is 2. The fourth-order valence-electron chi connectivity index (χ4n) is 4.17. The van der Waals surface area contributed by atoms with Crippen LogP contribution in [0.5, 0.6) is 11.5 Å². The van der Waals surface area contributed by atoms with E-state index in [1.54, 1.807) is 44.2 Å². The molecule has 1 aliphatic heterocycles. The maximum Gasteiger partial charge on any atom is 0.335 e. The van der Waals surface area contributed by atoms with E-state index in [9.17, 15) is 19.2 Å². The Morgan fingerprint density at radius 3 is 2.51 bits per heavy atom. The minimum atomic E-state index is -0.866. The number of benzene rings is 3. The highest BCUT2D eigenvalue weighted by atomic mass is 127. The first-order valence-electron chi connectivity index (χ1n) is 12.6. The summed E-state index contributed by atoms with van der Waals surface area (Å²) in [6.45, 7) is 7.41. The van der Waals surface area contributed by atoms with Gasteiger partial charge in [0.25, 0.3) is 17.7 Å². The first-order chi connectivity index (χ1) is 19.5. The minimum absolute atomic E-state index is 0.246. The smallest absolute Gasteiger partial charge is 0.335 e. The zero-order valence-electron chi connectivity index (χ0n) is 22.8. The number of barbiturate groups is 1. The van der Waals surface area contributed by atoms with Crippen molar-refractivity contribution >= 4 is 75.4 Å². The molecule has 212 valence electrons. The average Bonchev–Trinajstić information content (AvgIpc) is 2.91. The van der Waals surface area contributed by atoms with Crippen LogP contribution in [0.25, 0.3) is 6.08 Å². The summed E-state index contributed by atoms with van der Waals surface area (Å²) in [5.74, 6) is -1.29. The normalized spacial score (nSPS) is 14.2. The van der Waals surface area contributed by atoms with E-state index in [4.69, 9.17) is 21.1 Å². The highest BCUT2D eigenvalue weighted by Gasteiger charge is 2.37. The predicted octanol–water partition coefficient (Wildman–Crippen LogP) is 5.95. The van der Waals surface area contributed by atoms with Crippen LogP contribution in [0.1, 0.15) is 29.2 Å². The molecule has 1 aliphatic rings. The number of aryl methyl sites for hydroxylation is 1. The zero-order valence-corrected chi connectivity index (χ0v) is 25.7. The predicted molar refractivity (Wildman–Crippen MR) is 166 cm³/mol. The number of anilines is 2. The van der Waals surface area contributed by atoms with Crippen molar-refractivity contribution in [2.75, 3.05) is 23.4 Å². The van der Waals surface area contributed by atoms with E-state index in [0.29, 0.717) is 43.5 Å². The van der Waals surface area contributed by atoms with E-state index in [1.807, 2.05) is 54.6 Å². The van der Waals surface area contributed by atoms with E-state index in [-0.39, 0.29) is 23.8 Å². The number of nitrogens with one attached hydrogen (secondary N) is 2. The van der Waals surface area contributed by atoms with Crippen LogP contribution in [0.4, 0.5) is 16.2 Å². The van der Waals surface area contributed by atoms with E-state index >= 15 is 0 Å². The number of carbonyl (C=O) groups is 4. The maximum atomic E-state index is 13.4. The molecule has 3 aromatic carbocycles. The molecule has 0 atom stereocenters.